The van der Waals surface area contributed by atoms with Gasteiger partial charge in [-0.1, -0.05) is 42.5 Å². The number of rotatable bonds is 4. The molecule has 0 heterocycles. The molecule has 0 aliphatic heterocycles. The smallest absolute Gasteiger partial charge is 0.196 e. The van der Waals surface area contributed by atoms with Crippen molar-refractivity contribution in [2.24, 2.45) is 0 Å². The van der Waals surface area contributed by atoms with Crippen LogP contribution in [0.2, 0.25) is 0 Å². The molecular formula is C26H20O5. The van der Waals surface area contributed by atoms with E-state index in [0.717, 1.165) is 0 Å². The third-order valence-electron chi connectivity index (χ3n) is 4.44. The molecule has 31 heavy (non-hydrogen) atoms. The molecule has 154 valence electrons. The van der Waals surface area contributed by atoms with Crippen LogP contribution in [0.15, 0.2) is 103 Å². The number of carbonyl (C=O) groups excluding carboxylic acids is 2. The van der Waals surface area contributed by atoms with Gasteiger partial charge in [0.2, 0.25) is 0 Å². The van der Waals surface area contributed by atoms with Gasteiger partial charge in [0, 0.05) is 16.7 Å². The van der Waals surface area contributed by atoms with E-state index in [1.807, 2.05) is 6.07 Å². The zero-order valence-electron chi connectivity index (χ0n) is 16.5. The zero-order chi connectivity index (χ0) is 22.2. The lowest BCUT2D eigenvalue weighted by Crippen LogP contribution is -2.00. The van der Waals surface area contributed by atoms with Crippen LogP contribution in [-0.2, 0) is 0 Å². The minimum atomic E-state index is -0.159. The number of para-hydroxylation sites is 1. The minimum Gasteiger partial charge on any atom is -0.508 e. The zero-order valence-corrected chi connectivity index (χ0v) is 16.5. The summed E-state index contributed by atoms with van der Waals surface area (Å²) in [6.07, 6.45) is 0. The maximum Gasteiger partial charge on any atom is 0.196 e. The van der Waals surface area contributed by atoms with Gasteiger partial charge in [-0.05, 0) is 60.7 Å². The van der Waals surface area contributed by atoms with Crippen LogP contribution in [0.3, 0.4) is 0 Å². The minimum absolute atomic E-state index is 0.0198. The summed E-state index contributed by atoms with van der Waals surface area (Å²) in [6.45, 7) is 0. The van der Waals surface area contributed by atoms with Gasteiger partial charge >= 0.3 is 0 Å². The summed E-state index contributed by atoms with van der Waals surface area (Å²) < 4.78 is 0. The molecule has 4 aromatic rings. The van der Waals surface area contributed by atoms with Gasteiger partial charge in [0.25, 0.3) is 0 Å². The molecule has 0 saturated carbocycles. The predicted molar refractivity (Wildman–Crippen MR) is 118 cm³/mol. The van der Waals surface area contributed by atoms with Crippen LogP contribution in [0.1, 0.15) is 31.8 Å². The molecule has 3 N–H and O–H groups in total. The summed E-state index contributed by atoms with van der Waals surface area (Å²) in [7, 11) is 0. The molecule has 0 amide bonds. The summed E-state index contributed by atoms with van der Waals surface area (Å²) in [6, 6.07) is 27.6. The molecular weight excluding hydrogens is 392 g/mol. The molecule has 0 aliphatic carbocycles. The van der Waals surface area contributed by atoms with E-state index in [4.69, 9.17) is 10.2 Å². The number of hydrogen-bond acceptors (Lipinski definition) is 5. The summed E-state index contributed by atoms with van der Waals surface area (Å²) >= 11 is 0. The second-order valence-electron chi connectivity index (χ2n) is 6.64. The molecule has 0 aromatic heterocycles. The topological polar surface area (TPSA) is 94.8 Å². The Morgan fingerprint density at radius 1 is 0.452 bits per heavy atom. The Morgan fingerprint density at radius 2 is 0.871 bits per heavy atom. The van der Waals surface area contributed by atoms with Gasteiger partial charge in [0.15, 0.2) is 11.6 Å². The Balaban J connectivity index is 0.000000176. The molecule has 0 spiro atoms. The van der Waals surface area contributed by atoms with Gasteiger partial charge in [-0.2, -0.15) is 0 Å². The van der Waals surface area contributed by atoms with E-state index in [1.165, 1.54) is 30.3 Å². The molecule has 4 rings (SSSR count). The first-order valence-electron chi connectivity index (χ1n) is 9.46. The van der Waals surface area contributed by atoms with Crippen LogP contribution >= 0.6 is 0 Å². The quantitative estimate of drug-likeness (QED) is 0.412. The van der Waals surface area contributed by atoms with Crippen LogP contribution in [0, 0.1) is 0 Å². The SMILES string of the molecule is O=C(c1ccc(O)cc1)c1ccc(O)cc1.O=C(c1ccccc1)c1ccccc1O. The van der Waals surface area contributed by atoms with Crippen molar-refractivity contribution in [3.63, 3.8) is 0 Å². The summed E-state index contributed by atoms with van der Waals surface area (Å²) in [5, 5.41) is 27.7. The van der Waals surface area contributed by atoms with Crippen LogP contribution in [0.5, 0.6) is 17.2 Å². The third-order valence-corrected chi connectivity index (χ3v) is 4.44. The molecule has 0 unspecified atom stereocenters. The highest BCUT2D eigenvalue weighted by molar-refractivity contribution is 6.10. The average molecular weight is 412 g/mol. The van der Waals surface area contributed by atoms with Gasteiger partial charge in [0.1, 0.15) is 17.2 Å². The maximum absolute atomic E-state index is 11.9. The van der Waals surface area contributed by atoms with Crippen molar-refractivity contribution in [1.82, 2.24) is 0 Å². The molecule has 0 bridgehead atoms. The van der Waals surface area contributed by atoms with E-state index in [-0.39, 0.29) is 28.8 Å². The fourth-order valence-corrected chi connectivity index (χ4v) is 2.80. The molecule has 0 atom stereocenters. The van der Waals surface area contributed by atoms with Crippen LogP contribution in [-0.4, -0.2) is 26.9 Å². The average Bonchev–Trinajstić information content (AvgIpc) is 2.80. The molecule has 0 radical (unpaired) electrons. The van der Waals surface area contributed by atoms with Gasteiger partial charge in [0.05, 0.1) is 5.56 Å². The van der Waals surface area contributed by atoms with Crippen molar-refractivity contribution in [3.8, 4) is 17.2 Å². The summed E-state index contributed by atoms with van der Waals surface area (Å²) in [5.74, 6) is -0.0236. The van der Waals surface area contributed by atoms with Gasteiger partial charge in [-0.15, -0.1) is 0 Å². The second kappa shape index (κ2) is 9.89. The van der Waals surface area contributed by atoms with Gasteiger partial charge in [-0.3, -0.25) is 9.59 Å². The number of carbonyl (C=O) groups is 2. The van der Waals surface area contributed by atoms with Crippen molar-refractivity contribution < 1.29 is 24.9 Å². The van der Waals surface area contributed by atoms with E-state index in [0.29, 0.717) is 22.3 Å². The van der Waals surface area contributed by atoms with Crippen LogP contribution in [0.25, 0.3) is 0 Å². The monoisotopic (exact) mass is 412 g/mol. The number of phenolic OH excluding ortho intramolecular Hbond substituents is 3. The van der Waals surface area contributed by atoms with Crippen molar-refractivity contribution in [2.75, 3.05) is 0 Å². The standard InChI is InChI=1S/C13H10O3.C13H10O2/c14-11-5-1-9(2-6-11)13(16)10-3-7-12(15)8-4-10;14-12-9-5-4-8-11(12)13(15)10-6-2-1-3-7-10/h1-8,14-15H;1-9,14H. The lowest BCUT2D eigenvalue weighted by atomic mass is 10.0. The molecule has 0 aliphatic rings. The Morgan fingerprint density at radius 3 is 1.35 bits per heavy atom. The molecule has 5 nitrogen and oxygen atoms in total. The first-order chi connectivity index (χ1) is 15.0. The lowest BCUT2D eigenvalue weighted by Gasteiger charge is -2.02. The summed E-state index contributed by atoms with van der Waals surface area (Å²) in [5.41, 5.74) is 1.93. The van der Waals surface area contributed by atoms with E-state index in [2.05, 4.69) is 0 Å². The molecule has 0 fully saturated rings. The van der Waals surface area contributed by atoms with Crippen LogP contribution < -0.4 is 0 Å². The number of aromatic hydroxyl groups is 3. The van der Waals surface area contributed by atoms with E-state index in [1.54, 1.807) is 66.7 Å². The maximum atomic E-state index is 11.9. The number of phenols is 3. The Labute approximate surface area is 179 Å². The summed E-state index contributed by atoms with van der Waals surface area (Å²) in [4.78, 5) is 23.8. The van der Waals surface area contributed by atoms with Crippen molar-refractivity contribution in [3.05, 3.63) is 125 Å². The van der Waals surface area contributed by atoms with Crippen LogP contribution in [0.4, 0.5) is 0 Å². The highest BCUT2D eigenvalue weighted by Crippen LogP contribution is 2.19. The Bertz CT molecular complexity index is 1120. The van der Waals surface area contributed by atoms with E-state index in [9.17, 15) is 14.7 Å². The number of benzene rings is 4. The normalized spacial score (nSPS) is 9.94. The molecule has 0 saturated heterocycles. The molecule has 4 aromatic carbocycles. The third kappa shape index (κ3) is 5.58. The van der Waals surface area contributed by atoms with Gasteiger partial charge < -0.3 is 15.3 Å². The Hall–Kier alpha value is -4.38. The lowest BCUT2D eigenvalue weighted by molar-refractivity contribution is 0.102. The molecule has 5 heteroatoms. The van der Waals surface area contributed by atoms with Crippen molar-refractivity contribution in [2.45, 2.75) is 0 Å². The number of hydrogen-bond donors (Lipinski definition) is 3. The highest BCUT2D eigenvalue weighted by atomic mass is 16.3. The fraction of sp³-hybridized carbons (Fsp3) is 0. The first kappa shape index (κ1) is 21.3. The fourth-order valence-electron chi connectivity index (χ4n) is 2.80. The Kier molecular flexibility index (Phi) is 6.81. The largest absolute Gasteiger partial charge is 0.508 e. The van der Waals surface area contributed by atoms with Crippen molar-refractivity contribution >= 4 is 11.6 Å². The predicted octanol–water partition coefficient (Wildman–Crippen LogP) is 4.95. The highest BCUT2D eigenvalue weighted by Gasteiger charge is 2.11. The van der Waals surface area contributed by atoms with Crippen molar-refractivity contribution in [1.29, 1.82) is 0 Å². The van der Waals surface area contributed by atoms with E-state index >= 15 is 0 Å². The second-order valence-corrected chi connectivity index (χ2v) is 6.64. The number of ketones is 2. The first-order valence-corrected chi connectivity index (χ1v) is 9.46. The van der Waals surface area contributed by atoms with Gasteiger partial charge in [-0.25, -0.2) is 0 Å². The van der Waals surface area contributed by atoms with E-state index < -0.39 is 0 Å².